The number of likely N-dealkylation sites (tertiary alicyclic amines) is 1. The van der Waals surface area contributed by atoms with Crippen LogP contribution in [-0.4, -0.2) is 48.1 Å². The zero-order valence-electron chi connectivity index (χ0n) is 16.3. The number of carbonyl (C=O) groups is 1. The molecule has 1 fully saturated rings. The van der Waals surface area contributed by atoms with E-state index in [4.69, 9.17) is 18.3 Å². The van der Waals surface area contributed by atoms with Crippen LogP contribution in [0.25, 0.3) is 11.3 Å². The number of amides is 1. The highest BCUT2D eigenvalue weighted by Crippen LogP contribution is 2.35. The molecule has 0 bridgehead atoms. The van der Waals surface area contributed by atoms with Gasteiger partial charge in [-0.25, -0.2) is 9.97 Å². The SMILES string of the molecule is COCC(=O)N1CCCC1c1cnc(Nc2ccc(-c3cnco3)c(OC)c2)o1. The van der Waals surface area contributed by atoms with Gasteiger partial charge < -0.3 is 28.5 Å². The molecular formula is C20H22N4O5. The summed E-state index contributed by atoms with van der Waals surface area (Å²) in [5.41, 5.74) is 1.54. The Bertz CT molecular complexity index is 969. The summed E-state index contributed by atoms with van der Waals surface area (Å²) in [6.07, 6.45) is 6.42. The lowest BCUT2D eigenvalue weighted by molar-refractivity contribution is -0.136. The Kier molecular flexibility index (Phi) is 5.48. The third-order valence-electron chi connectivity index (χ3n) is 4.84. The van der Waals surface area contributed by atoms with E-state index in [0.29, 0.717) is 29.8 Å². The molecule has 1 aliphatic rings. The average Bonchev–Trinajstić information content (AvgIpc) is 3.49. The van der Waals surface area contributed by atoms with Crippen molar-refractivity contribution < 1.29 is 23.1 Å². The van der Waals surface area contributed by atoms with Gasteiger partial charge in [0, 0.05) is 25.4 Å². The van der Waals surface area contributed by atoms with Crippen molar-refractivity contribution in [2.75, 3.05) is 32.7 Å². The van der Waals surface area contributed by atoms with Crippen LogP contribution in [0.15, 0.2) is 45.8 Å². The summed E-state index contributed by atoms with van der Waals surface area (Å²) in [6.45, 7) is 0.754. The smallest absolute Gasteiger partial charge is 0.299 e. The van der Waals surface area contributed by atoms with Crippen molar-refractivity contribution in [3.05, 3.63) is 42.7 Å². The normalized spacial score (nSPS) is 16.2. The molecule has 9 nitrogen and oxygen atoms in total. The summed E-state index contributed by atoms with van der Waals surface area (Å²) in [4.78, 5) is 22.2. The van der Waals surface area contributed by atoms with Crippen molar-refractivity contribution in [3.63, 3.8) is 0 Å². The van der Waals surface area contributed by atoms with E-state index in [1.165, 1.54) is 13.5 Å². The first-order valence-corrected chi connectivity index (χ1v) is 9.27. The van der Waals surface area contributed by atoms with Crippen LogP contribution in [0.2, 0.25) is 0 Å². The quantitative estimate of drug-likeness (QED) is 0.646. The minimum Gasteiger partial charge on any atom is -0.496 e. The first-order valence-electron chi connectivity index (χ1n) is 9.27. The zero-order chi connectivity index (χ0) is 20.2. The molecule has 0 spiro atoms. The molecular weight excluding hydrogens is 376 g/mol. The van der Waals surface area contributed by atoms with Gasteiger partial charge in [-0.15, -0.1) is 0 Å². The van der Waals surface area contributed by atoms with Crippen LogP contribution in [0.3, 0.4) is 0 Å². The fourth-order valence-electron chi connectivity index (χ4n) is 3.51. The molecule has 2 aromatic heterocycles. The fraction of sp³-hybridized carbons (Fsp3) is 0.350. The van der Waals surface area contributed by atoms with Crippen LogP contribution in [0.4, 0.5) is 11.7 Å². The Morgan fingerprint density at radius 3 is 3.00 bits per heavy atom. The van der Waals surface area contributed by atoms with Crippen LogP contribution < -0.4 is 10.1 Å². The molecule has 0 radical (unpaired) electrons. The van der Waals surface area contributed by atoms with E-state index in [1.54, 1.807) is 24.4 Å². The van der Waals surface area contributed by atoms with Crippen molar-refractivity contribution in [2.45, 2.75) is 18.9 Å². The first kappa shape index (κ1) is 19.0. The van der Waals surface area contributed by atoms with Crippen molar-refractivity contribution in [2.24, 2.45) is 0 Å². The van der Waals surface area contributed by atoms with Gasteiger partial charge in [0.15, 0.2) is 12.2 Å². The summed E-state index contributed by atoms with van der Waals surface area (Å²) >= 11 is 0. The molecule has 1 unspecified atom stereocenters. The molecule has 152 valence electrons. The Hall–Kier alpha value is -3.33. The zero-order valence-corrected chi connectivity index (χ0v) is 16.3. The molecule has 1 N–H and O–H groups in total. The third kappa shape index (κ3) is 3.95. The second-order valence-corrected chi connectivity index (χ2v) is 6.65. The molecule has 1 aliphatic heterocycles. The number of aromatic nitrogens is 2. The largest absolute Gasteiger partial charge is 0.496 e. The molecule has 3 aromatic rings. The highest BCUT2D eigenvalue weighted by Gasteiger charge is 2.32. The van der Waals surface area contributed by atoms with Crippen molar-refractivity contribution in [1.82, 2.24) is 14.9 Å². The number of hydrogen-bond donors (Lipinski definition) is 1. The Balaban J connectivity index is 1.50. The summed E-state index contributed by atoms with van der Waals surface area (Å²) in [5.74, 6) is 1.85. The maximum absolute atomic E-state index is 12.2. The first-order chi connectivity index (χ1) is 14.2. The van der Waals surface area contributed by atoms with Crippen molar-refractivity contribution in [1.29, 1.82) is 0 Å². The van der Waals surface area contributed by atoms with Crippen LogP contribution in [0.5, 0.6) is 5.75 Å². The molecule has 4 rings (SSSR count). The van der Waals surface area contributed by atoms with Crippen LogP contribution in [-0.2, 0) is 9.53 Å². The Morgan fingerprint density at radius 1 is 1.34 bits per heavy atom. The van der Waals surface area contributed by atoms with E-state index in [0.717, 1.165) is 24.1 Å². The molecule has 29 heavy (non-hydrogen) atoms. The summed E-state index contributed by atoms with van der Waals surface area (Å²) in [6, 6.07) is 5.79. The van der Waals surface area contributed by atoms with E-state index >= 15 is 0 Å². The monoisotopic (exact) mass is 398 g/mol. The van der Waals surface area contributed by atoms with Crippen LogP contribution >= 0.6 is 0 Å². The number of benzene rings is 1. The number of hydrogen-bond acceptors (Lipinski definition) is 8. The van der Waals surface area contributed by atoms with E-state index in [1.807, 2.05) is 18.2 Å². The van der Waals surface area contributed by atoms with Gasteiger partial charge in [-0.1, -0.05) is 0 Å². The molecule has 1 atom stereocenters. The minimum atomic E-state index is -0.121. The summed E-state index contributed by atoms with van der Waals surface area (Å²) < 4.78 is 21.7. The second-order valence-electron chi connectivity index (χ2n) is 6.65. The van der Waals surface area contributed by atoms with Crippen molar-refractivity contribution >= 4 is 17.6 Å². The topological polar surface area (TPSA) is 103 Å². The van der Waals surface area contributed by atoms with E-state index in [9.17, 15) is 4.79 Å². The maximum Gasteiger partial charge on any atom is 0.299 e. The lowest BCUT2D eigenvalue weighted by atomic mass is 10.1. The van der Waals surface area contributed by atoms with Gasteiger partial charge in [0.1, 0.15) is 18.1 Å². The highest BCUT2D eigenvalue weighted by molar-refractivity contribution is 5.78. The van der Waals surface area contributed by atoms with Gasteiger partial charge in [0.25, 0.3) is 6.01 Å². The molecule has 0 aliphatic carbocycles. The number of nitrogens with one attached hydrogen (secondary N) is 1. The van der Waals surface area contributed by atoms with Gasteiger partial charge in [0.05, 0.1) is 31.1 Å². The number of oxazole rings is 2. The Labute approximate surface area is 167 Å². The molecule has 1 amide bonds. The maximum atomic E-state index is 12.2. The van der Waals surface area contributed by atoms with Gasteiger partial charge in [-0.2, -0.15) is 0 Å². The van der Waals surface area contributed by atoms with Crippen LogP contribution in [0.1, 0.15) is 24.6 Å². The van der Waals surface area contributed by atoms with E-state index in [2.05, 4.69) is 15.3 Å². The predicted octanol–water partition coefficient (Wildman–Crippen LogP) is 3.39. The van der Waals surface area contributed by atoms with E-state index < -0.39 is 0 Å². The lowest BCUT2D eigenvalue weighted by Crippen LogP contribution is -2.33. The van der Waals surface area contributed by atoms with Gasteiger partial charge in [-0.05, 0) is 25.0 Å². The molecule has 1 saturated heterocycles. The van der Waals surface area contributed by atoms with Crippen molar-refractivity contribution in [3.8, 4) is 17.1 Å². The van der Waals surface area contributed by atoms with Gasteiger partial charge in [-0.3, -0.25) is 4.79 Å². The summed E-state index contributed by atoms with van der Waals surface area (Å²) in [7, 11) is 3.11. The lowest BCUT2D eigenvalue weighted by Gasteiger charge is -2.22. The Morgan fingerprint density at radius 2 is 2.24 bits per heavy atom. The standard InChI is InChI=1S/C20H22N4O5/c1-26-11-19(25)24-7-3-4-15(24)18-10-22-20(29-18)23-13-5-6-14(16(8-13)27-2)17-9-21-12-28-17/h5-6,8-10,12,15H,3-4,7,11H2,1-2H3,(H,22,23). The van der Waals surface area contributed by atoms with Crippen LogP contribution in [0, 0.1) is 0 Å². The number of methoxy groups -OCH3 is 2. The number of rotatable bonds is 7. The second kappa shape index (κ2) is 8.36. The molecule has 0 saturated carbocycles. The molecule has 3 heterocycles. The summed E-state index contributed by atoms with van der Waals surface area (Å²) in [5, 5.41) is 3.13. The number of ether oxygens (including phenoxy) is 2. The molecule has 9 heteroatoms. The highest BCUT2D eigenvalue weighted by atomic mass is 16.5. The fourth-order valence-corrected chi connectivity index (χ4v) is 3.51. The average molecular weight is 398 g/mol. The number of nitrogens with zero attached hydrogens (tertiary/aromatic N) is 3. The minimum absolute atomic E-state index is 0.0475. The predicted molar refractivity (Wildman–Crippen MR) is 104 cm³/mol. The van der Waals surface area contributed by atoms with Gasteiger partial charge >= 0.3 is 0 Å². The third-order valence-corrected chi connectivity index (χ3v) is 4.84. The molecule has 1 aromatic carbocycles. The van der Waals surface area contributed by atoms with Gasteiger partial charge in [0.2, 0.25) is 5.91 Å². The van der Waals surface area contributed by atoms with E-state index in [-0.39, 0.29) is 18.6 Å². The number of anilines is 2. The number of carbonyl (C=O) groups excluding carboxylic acids is 1.